The topological polar surface area (TPSA) is 39.1 Å². The van der Waals surface area contributed by atoms with Crippen LogP contribution in [0.5, 0.6) is 5.75 Å². The van der Waals surface area contributed by atoms with E-state index in [4.69, 9.17) is 4.74 Å². The molecule has 0 aliphatic carbocycles. The van der Waals surface area contributed by atoms with Gasteiger partial charge >= 0.3 is 0 Å². The fourth-order valence-electron chi connectivity index (χ4n) is 1.54. The summed E-state index contributed by atoms with van der Waals surface area (Å²) in [5.41, 5.74) is 1.13. The van der Waals surface area contributed by atoms with Crippen molar-refractivity contribution in [2.45, 2.75) is 39.8 Å². The van der Waals surface area contributed by atoms with Crippen molar-refractivity contribution in [3.05, 3.63) is 11.9 Å². The van der Waals surface area contributed by atoms with E-state index in [0.29, 0.717) is 6.04 Å². The molecule has 0 radical (unpaired) electrons. The monoisotopic (exact) mass is 211 g/mol. The SMILES string of the molecule is CCCNCc1c(OC)cnn1C(C)C. The zero-order valence-electron chi connectivity index (χ0n) is 10.1. The normalized spacial score (nSPS) is 11.0. The molecule has 15 heavy (non-hydrogen) atoms. The van der Waals surface area contributed by atoms with E-state index in [9.17, 15) is 0 Å². The van der Waals surface area contributed by atoms with E-state index < -0.39 is 0 Å². The molecule has 1 aromatic heterocycles. The molecule has 86 valence electrons. The van der Waals surface area contributed by atoms with Gasteiger partial charge in [0.15, 0.2) is 5.75 Å². The van der Waals surface area contributed by atoms with Crippen molar-refractivity contribution in [3.63, 3.8) is 0 Å². The molecule has 0 atom stereocenters. The van der Waals surface area contributed by atoms with Crippen LogP contribution in [-0.4, -0.2) is 23.4 Å². The summed E-state index contributed by atoms with van der Waals surface area (Å²) < 4.78 is 7.28. The fraction of sp³-hybridized carbons (Fsp3) is 0.727. The number of ether oxygens (including phenoxy) is 1. The molecular formula is C11H21N3O. The number of nitrogens with zero attached hydrogens (tertiary/aromatic N) is 2. The third kappa shape index (κ3) is 2.96. The maximum atomic E-state index is 5.28. The summed E-state index contributed by atoms with van der Waals surface area (Å²) in [6.07, 6.45) is 2.92. The molecule has 0 spiro atoms. The summed E-state index contributed by atoms with van der Waals surface area (Å²) in [5, 5.41) is 7.68. The van der Waals surface area contributed by atoms with Gasteiger partial charge in [0.25, 0.3) is 0 Å². The molecule has 0 aromatic carbocycles. The maximum absolute atomic E-state index is 5.28. The Kier molecular flexibility index (Phi) is 4.62. The molecule has 0 aliphatic rings. The third-order valence-electron chi connectivity index (χ3n) is 2.29. The van der Waals surface area contributed by atoms with Crippen LogP contribution in [0.15, 0.2) is 6.20 Å². The van der Waals surface area contributed by atoms with E-state index in [2.05, 4.69) is 31.2 Å². The van der Waals surface area contributed by atoms with Crippen LogP contribution in [0.1, 0.15) is 38.9 Å². The first kappa shape index (κ1) is 12.0. The van der Waals surface area contributed by atoms with Crippen molar-refractivity contribution in [2.75, 3.05) is 13.7 Å². The minimum absolute atomic E-state index is 0.368. The summed E-state index contributed by atoms with van der Waals surface area (Å²) in [5.74, 6) is 0.868. The first-order chi connectivity index (χ1) is 7.20. The number of rotatable bonds is 6. The molecule has 0 unspecified atom stereocenters. The van der Waals surface area contributed by atoms with E-state index in [-0.39, 0.29) is 0 Å². The Morgan fingerprint density at radius 3 is 2.80 bits per heavy atom. The number of aromatic nitrogens is 2. The fourth-order valence-corrected chi connectivity index (χ4v) is 1.54. The minimum atomic E-state index is 0.368. The van der Waals surface area contributed by atoms with Crippen molar-refractivity contribution in [2.24, 2.45) is 0 Å². The molecule has 1 heterocycles. The van der Waals surface area contributed by atoms with Crippen LogP contribution >= 0.6 is 0 Å². The van der Waals surface area contributed by atoms with Gasteiger partial charge in [0.1, 0.15) is 0 Å². The average molecular weight is 211 g/mol. The quantitative estimate of drug-likeness (QED) is 0.731. The summed E-state index contributed by atoms with van der Waals surface area (Å²) >= 11 is 0. The van der Waals surface area contributed by atoms with Crippen LogP contribution in [0, 0.1) is 0 Å². The second-order valence-corrected chi connectivity index (χ2v) is 3.87. The molecule has 0 aliphatic heterocycles. The van der Waals surface area contributed by atoms with Gasteiger partial charge in [-0.1, -0.05) is 6.92 Å². The Balaban J connectivity index is 2.75. The third-order valence-corrected chi connectivity index (χ3v) is 2.29. The minimum Gasteiger partial charge on any atom is -0.493 e. The average Bonchev–Trinajstić information content (AvgIpc) is 2.61. The van der Waals surface area contributed by atoms with Gasteiger partial charge in [0.2, 0.25) is 0 Å². The van der Waals surface area contributed by atoms with Gasteiger partial charge < -0.3 is 10.1 Å². The predicted octanol–water partition coefficient (Wildman–Crippen LogP) is 1.97. The second kappa shape index (κ2) is 5.75. The Labute approximate surface area is 91.6 Å². The lowest BCUT2D eigenvalue weighted by Crippen LogP contribution is -2.18. The van der Waals surface area contributed by atoms with Gasteiger partial charge in [-0.05, 0) is 26.8 Å². The van der Waals surface area contributed by atoms with Crippen LogP contribution in [0.25, 0.3) is 0 Å². The lowest BCUT2D eigenvalue weighted by atomic mass is 10.3. The summed E-state index contributed by atoms with van der Waals surface area (Å²) in [6, 6.07) is 0.368. The van der Waals surface area contributed by atoms with Gasteiger partial charge in [0.05, 0.1) is 19.0 Å². The molecule has 0 saturated carbocycles. The van der Waals surface area contributed by atoms with Crippen molar-refractivity contribution in [3.8, 4) is 5.75 Å². The van der Waals surface area contributed by atoms with E-state index >= 15 is 0 Å². The molecule has 4 nitrogen and oxygen atoms in total. The first-order valence-corrected chi connectivity index (χ1v) is 5.51. The smallest absolute Gasteiger partial charge is 0.161 e. The molecule has 0 saturated heterocycles. The standard InChI is InChI=1S/C11H21N3O/c1-5-6-12-7-10-11(15-4)8-13-14(10)9(2)3/h8-9,12H,5-7H2,1-4H3. The molecule has 0 fully saturated rings. The lowest BCUT2D eigenvalue weighted by Gasteiger charge is -2.12. The van der Waals surface area contributed by atoms with Crippen LogP contribution in [-0.2, 0) is 6.54 Å². The summed E-state index contributed by atoms with van der Waals surface area (Å²) in [4.78, 5) is 0. The van der Waals surface area contributed by atoms with Crippen molar-refractivity contribution in [1.29, 1.82) is 0 Å². The molecular weight excluding hydrogens is 190 g/mol. The van der Waals surface area contributed by atoms with Gasteiger partial charge in [0, 0.05) is 12.6 Å². The second-order valence-electron chi connectivity index (χ2n) is 3.87. The van der Waals surface area contributed by atoms with Crippen molar-refractivity contribution in [1.82, 2.24) is 15.1 Å². The van der Waals surface area contributed by atoms with Crippen LogP contribution in [0.2, 0.25) is 0 Å². The molecule has 0 bridgehead atoms. The van der Waals surface area contributed by atoms with Gasteiger partial charge in [-0.25, -0.2) is 0 Å². The zero-order valence-corrected chi connectivity index (χ0v) is 10.1. The van der Waals surface area contributed by atoms with Crippen LogP contribution < -0.4 is 10.1 Å². The highest BCUT2D eigenvalue weighted by Gasteiger charge is 2.12. The van der Waals surface area contributed by atoms with E-state index in [1.165, 1.54) is 0 Å². The summed E-state index contributed by atoms with van der Waals surface area (Å²) in [7, 11) is 1.69. The number of methoxy groups -OCH3 is 1. The zero-order chi connectivity index (χ0) is 11.3. The Morgan fingerprint density at radius 1 is 1.53 bits per heavy atom. The molecule has 0 amide bonds. The van der Waals surface area contributed by atoms with E-state index in [0.717, 1.165) is 31.0 Å². The lowest BCUT2D eigenvalue weighted by molar-refractivity contribution is 0.400. The number of hydrogen-bond donors (Lipinski definition) is 1. The van der Waals surface area contributed by atoms with Gasteiger partial charge in [-0.15, -0.1) is 0 Å². The molecule has 1 aromatic rings. The highest BCUT2D eigenvalue weighted by molar-refractivity contribution is 5.25. The molecule has 4 heteroatoms. The predicted molar refractivity (Wildman–Crippen MR) is 61.2 cm³/mol. The Hall–Kier alpha value is -1.03. The first-order valence-electron chi connectivity index (χ1n) is 5.51. The maximum Gasteiger partial charge on any atom is 0.161 e. The largest absolute Gasteiger partial charge is 0.493 e. The highest BCUT2D eigenvalue weighted by Crippen LogP contribution is 2.20. The number of hydrogen-bond acceptors (Lipinski definition) is 3. The Morgan fingerprint density at radius 2 is 2.27 bits per heavy atom. The van der Waals surface area contributed by atoms with Crippen molar-refractivity contribution >= 4 is 0 Å². The van der Waals surface area contributed by atoms with Crippen LogP contribution in [0.4, 0.5) is 0 Å². The van der Waals surface area contributed by atoms with E-state index in [1.54, 1.807) is 13.3 Å². The molecule has 1 N–H and O–H groups in total. The summed E-state index contributed by atoms with van der Waals surface area (Å²) in [6.45, 7) is 8.23. The molecule has 1 rings (SSSR count). The van der Waals surface area contributed by atoms with Gasteiger partial charge in [-0.2, -0.15) is 5.10 Å². The number of nitrogens with one attached hydrogen (secondary N) is 1. The van der Waals surface area contributed by atoms with Gasteiger partial charge in [-0.3, -0.25) is 4.68 Å². The van der Waals surface area contributed by atoms with E-state index in [1.807, 2.05) is 4.68 Å². The van der Waals surface area contributed by atoms with Crippen LogP contribution in [0.3, 0.4) is 0 Å². The Bertz CT molecular complexity index is 294. The highest BCUT2D eigenvalue weighted by atomic mass is 16.5. The van der Waals surface area contributed by atoms with Crippen molar-refractivity contribution < 1.29 is 4.74 Å².